The molecule has 1 fully saturated rings. The minimum Gasteiger partial charge on any atom is -0.491 e. The van der Waals surface area contributed by atoms with Gasteiger partial charge >= 0.3 is 0 Å². The lowest BCUT2D eigenvalue weighted by molar-refractivity contribution is -0.129. The highest BCUT2D eigenvalue weighted by Crippen LogP contribution is 2.44. The first-order chi connectivity index (χ1) is 11.7. The lowest BCUT2D eigenvalue weighted by Gasteiger charge is -2.30. The third-order valence-electron chi connectivity index (χ3n) is 4.90. The van der Waals surface area contributed by atoms with Crippen molar-refractivity contribution in [2.75, 3.05) is 7.05 Å². The van der Waals surface area contributed by atoms with Crippen LogP contribution < -0.4 is 15.4 Å². The Kier molecular flexibility index (Phi) is 5.76. The number of carbonyl (C=O) groups is 2. The first-order valence-electron chi connectivity index (χ1n) is 9.00. The number of ether oxygens (including phenoxy) is 1. The van der Waals surface area contributed by atoms with E-state index in [0.29, 0.717) is 11.5 Å². The second-order valence-corrected chi connectivity index (χ2v) is 7.69. The number of hydrogen-bond acceptors (Lipinski definition) is 3. The van der Waals surface area contributed by atoms with Gasteiger partial charge in [0.15, 0.2) is 0 Å². The molecule has 1 atom stereocenters. The number of benzene rings is 1. The molecule has 1 saturated carbocycles. The molecule has 1 aromatic carbocycles. The zero-order valence-corrected chi connectivity index (χ0v) is 16.1. The maximum atomic E-state index is 12.6. The second-order valence-electron chi connectivity index (χ2n) is 7.69. The van der Waals surface area contributed by atoms with E-state index in [-0.39, 0.29) is 24.0 Å². The predicted molar refractivity (Wildman–Crippen MR) is 99.0 cm³/mol. The number of carbonyl (C=O) groups excluding carboxylic acids is 2. The molecular formula is C20H30N2O3. The summed E-state index contributed by atoms with van der Waals surface area (Å²) in [6.45, 7) is 9.45. The molecule has 0 heterocycles. The van der Waals surface area contributed by atoms with Gasteiger partial charge in [-0.1, -0.05) is 6.07 Å². The Bertz CT molecular complexity index is 648. The van der Waals surface area contributed by atoms with Crippen molar-refractivity contribution in [3.05, 3.63) is 29.3 Å². The Hall–Kier alpha value is -2.04. The molecule has 0 unspecified atom stereocenters. The monoisotopic (exact) mass is 346 g/mol. The predicted octanol–water partition coefficient (Wildman–Crippen LogP) is 3.24. The van der Waals surface area contributed by atoms with Crippen molar-refractivity contribution in [2.45, 2.75) is 65.5 Å². The van der Waals surface area contributed by atoms with Crippen LogP contribution in [0, 0.1) is 5.41 Å². The molecule has 0 aromatic heterocycles. The van der Waals surface area contributed by atoms with Crippen molar-refractivity contribution in [3.63, 3.8) is 0 Å². The van der Waals surface area contributed by atoms with E-state index in [1.54, 1.807) is 7.05 Å². The van der Waals surface area contributed by atoms with Crippen LogP contribution in [-0.4, -0.2) is 31.0 Å². The van der Waals surface area contributed by atoms with Gasteiger partial charge in [-0.25, -0.2) is 0 Å². The normalized spacial score (nSPS) is 15.6. The van der Waals surface area contributed by atoms with Gasteiger partial charge in [-0.05, 0) is 71.1 Å². The summed E-state index contributed by atoms with van der Waals surface area (Å²) in [7, 11) is 1.60. The number of amides is 2. The summed E-state index contributed by atoms with van der Waals surface area (Å²) in [5, 5.41) is 5.59. The molecular weight excluding hydrogens is 316 g/mol. The third kappa shape index (κ3) is 4.53. The summed E-state index contributed by atoms with van der Waals surface area (Å²) in [4.78, 5) is 24.7. The van der Waals surface area contributed by atoms with Gasteiger partial charge in [-0.2, -0.15) is 0 Å². The fourth-order valence-corrected chi connectivity index (χ4v) is 2.74. The van der Waals surface area contributed by atoms with E-state index in [0.717, 1.165) is 5.75 Å². The summed E-state index contributed by atoms with van der Waals surface area (Å²) in [6.07, 6.45) is 2.41. The van der Waals surface area contributed by atoms with Crippen LogP contribution in [0.15, 0.2) is 18.2 Å². The summed E-state index contributed by atoms with van der Waals surface area (Å²) in [5.41, 5.74) is 1.04. The molecule has 138 valence electrons. The van der Waals surface area contributed by atoms with Gasteiger partial charge in [-0.3, -0.25) is 9.59 Å². The van der Waals surface area contributed by atoms with Crippen molar-refractivity contribution in [2.24, 2.45) is 5.41 Å². The minimum absolute atomic E-state index is 0.0573. The average molecular weight is 346 g/mol. The van der Waals surface area contributed by atoms with Crippen LogP contribution in [0.25, 0.3) is 0 Å². The summed E-state index contributed by atoms with van der Waals surface area (Å²) in [6, 6.07) is 5.36. The van der Waals surface area contributed by atoms with Gasteiger partial charge in [0, 0.05) is 18.7 Å². The summed E-state index contributed by atoms with van der Waals surface area (Å²) in [5.74, 6) is 1.05. The van der Waals surface area contributed by atoms with Crippen LogP contribution >= 0.6 is 0 Å². The SMILES string of the molecule is CNC(=O)C(C)(C)[C@H](C)NC(=O)c1ccc(C2CC2)c(OC(C)C)c1. The molecule has 0 radical (unpaired) electrons. The van der Waals surface area contributed by atoms with Crippen molar-refractivity contribution in [1.82, 2.24) is 10.6 Å². The molecule has 0 saturated heterocycles. The van der Waals surface area contributed by atoms with Gasteiger partial charge < -0.3 is 15.4 Å². The smallest absolute Gasteiger partial charge is 0.251 e. The van der Waals surface area contributed by atoms with Crippen molar-refractivity contribution >= 4 is 11.8 Å². The van der Waals surface area contributed by atoms with E-state index >= 15 is 0 Å². The highest BCUT2D eigenvalue weighted by atomic mass is 16.5. The first kappa shape index (κ1) is 19.3. The molecule has 2 amide bonds. The highest BCUT2D eigenvalue weighted by Gasteiger charge is 2.34. The lowest BCUT2D eigenvalue weighted by atomic mass is 9.84. The standard InChI is InChI=1S/C20H30N2O3/c1-12(2)25-17-11-15(9-10-16(17)14-7-8-14)18(23)22-13(3)20(4,5)19(24)21-6/h9-14H,7-8H2,1-6H3,(H,21,24)(H,22,23)/t13-/m0/s1. The van der Waals surface area contributed by atoms with Crippen LogP contribution in [0.4, 0.5) is 0 Å². The molecule has 1 aromatic rings. The lowest BCUT2D eigenvalue weighted by Crippen LogP contribution is -2.50. The average Bonchev–Trinajstić information content (AvgIpc) is 3.37. The van der Waals surface area contributed by atoms with E-state index in [1.807, 2.05) is 52.8 Å². The Balaban J connectivity index is 2.17. The molecule has 5 heteroatoms. The zero-order valence-electron chi connectivity index (χ0n) is 16.1. The van der Waals surface area contributed by atoms with Gasteiger partial charge in [0.2, 0.25) is 5.91 Å². The van der Waals surface area contributed by atoms with Crippen molar-refractivity contribution in [1.29, 1.82) is 0 Å². The van der Waals surface area contributed by atoms with Gasteiger partial charge in [-0.15, -0.1) is 0 Å². The van der Waals surface area contributed by atoms with E-state index < -0.39 is 5.41 Å². The largest absolute Gasteiger partial charge is 0.491 e. The molecule has 0 bridgehead atoms. The van der Waals surface area contributed by atoms with Crippen LogP contribution in [0.3, 0.4) is 0 Å². The molecule has 0 aliphatic heterocycles. The first-order valence-corrected chi connectivity index (χ1v) is 9.00. The molecule has 1 aliphatic carbocycles. The number of hydrogen-bond donors (Lipinski definition) is 2. The maximum Gasteiger partial charge on any atom is 0.251 e. The Labute approximate surface area is 150 Å². The van der Waals surface area contributed by atoms with E-state index in [4.69, 9.17) is 4.74 Å². The van der Waals surface area contributed by atoms with Gasteiger partial charge in [0.05, 0.1) is 11.5 Å². The van der Waals surface area contributed by atoms with E-state index in [9.17, 15) is 9.59 Å². The van der Waals surface area contributed by atoms with Gasteiger partial charge in [0.25, 0.3) is 5.91 Å². The van der Waals surface area contributed by atoms with Crippen LogP contribution in [0.1, 0.15) is 69.3 Å². The number of nitrogens with one attached hydrogen (secondary N) is 2. The topological polar surface area (TPSA) is 67.4 Å². The molecule has 2 rings (SSSR count). The molecule has 1 aliphatic rings. The van der Waals surface area contributed by atoms with Crippen LogP contribution in [0.5, 0.6) is 5.75 Å². The van der Waals surface area contributed by atoms with Crippen LogP contribution in [-0.2, 0) is 4.79 Å². The van der Waals surface area contributed by atoms with E-state index in [1.165, 1.54) is 18.4 Å². The summed E-state index contributed by atoms with van der Waals surface area (Å²) < 4.78 is 5.92. The fraction of sp³-hybridized carbons (Fsp3) is 0.600. The Morgan fingerprint density at radius 1 is 1.20 bits per heavy atom. The van der Waals surface area contributed by atoms with Crippen molar-refractivity contribution < 1.29 is 14.3 Å². The number of rotatable bonds is 7. The fourth-order valence-electron chi connectivity index (χ4n) is 2.74. The quantitative estimate of drug-likeness (QED) is 0.796. The third-order valence-corrected chi connectivity index (χ3v) is 4.90. The maximum absolute atomic E-state index is 12.6. The zero-order chi connectivity index (χ0) is 18.8. The molecule has 0 spiro atoms. The molecule has 5 nitrogen and oxygen atoms in total. The molecule has 25 heavy (non-hydrogen) atoms. The summed E-state index contributed by atoms with van der Waals surface area (Å²) >= 11 is 0. The Morgan fingerprint density at radius 2 is 1.84 bits per heavy atom. The van der Waals surface area contributed by atoms with Gasteiger partial charge in [0.1, 0.15) is 5.75 Å². The Morgan fingerprint density at radius 3 is 2.36 bits per heavy atom. The second kappa shape index (κ2) is 7.46. The van der Waals surface area contributed by atoms with E-state index in [2.05, 4.69) is 10.6 Å². The minimum atomic E-state index is -0.699. The highest BCUT2D eigenvalue weighted by molar-refractivity contribution is 5.95. The van der Waals surface area contributed by atoms with Crippen molar-refractivity contribution in [3.8, 4) is 5.75 Å². The molecule has 2 N–H and O–H groups in total. The van der Waals surface area contributed by atoms with Crippen LogP contribution in [0.2, 0.25) is 0 Å².